The van der Waals surface area contributed by atoms with E-state index in [0.29, 0.717) is 0 Å². The van der Waals surface area contributed by atoms with Gasteiger partial charge in [0.25, 0.3) is 0 Å². The molecule has 1 aliphatic heterocycles. The van der Waals surface area contributed by atoms with Gasteiger partial charge in [0, 0.05) is 6.04 Å². The lowest BCUT2D eigenvalue weighted by Crippen LogP contribution is -2.49. The molecule has 1 saturated heterocycles. The maximum absolute atomic E-state index is 12.7. The lowest BCUT2D eigenvalue weighted by molar-refractivity contribution is -0.154. The molecule has 0 radical (unpaired) electrons. The highest BCUT2D eigenvalue weighted by molar-refractivity contribution is 6.02. The maximum Gasteiger partial charge on any atom is 0.236 e. The van der Waals surface area contributed by atoms with E-state index in [1.54, 1.807) is 6.92 Å². The summed E-state index contributed by atoms with van der Waals surface area (Å²) in [5.41, 5.74) is -0.613. The quantitative estimate of drug-likeness (QED) is 0.863. The van der Waals surface area contributed by atoms with Crippen LogP contribution in [-0.4, -0.2) is 34.0 Å². The van der Waals surface area contributed by atoms with Crippen molar-refractivity contribution in [2.24, 2.45) is 22.7 Å². The number of rotatable bonds is 3. The molecule has 1 aliphatic carbocycles. The van der Waals surface area contributed by atoms with E-state index < -0.39 is 17.4 Å². The Morgan fingerprint density at radius 2 is 1.85 bits per heavy atom. The number of aliphatic hydroxyl groups is 1. The summed E-state index contributed by atoms with van der Waals surface area (Å²) < 4.78 is 0. The van der Waals surface area contributed by atoms with Crippen LogP contribution in [0.5, 0.6) is 0 Å². The second-order valence-electron chi connectivity index (χ2n) is 7.64. The van der Waals surface area contributed by atoms with E-state index in [1.165, 1.54) is 4.90 Å². The van der Waals surface area contributed by atoms with Gasteiger partial charge in [-0.2, -0.15) is 0 Å². The number of amides is 2. The van der Waals surface area contributed by atoms with E-state index in [4.69, 9.17) is 0 Å². The number of carbonyl (C=O) groups is 2. The number of hydrogen-bond acceptors (Lipinski definition) is 3. The predicted molar refractivity (Wildman–Crippen MR) is 76.8 cm³/mol. The molecule has 1 saturated carbocycles. The number of imide groups is 1. The van der Waals surface area contributed by atoms with Crippen LogP contribution >= 0.6 is 0 Å². The molecule has 1 heterocycles. The molecule has 114 valence electrons. The summed E-state index contributed by atoms with van der Waals surface area (Å²) in [7, 11) is 0. The number of piperidine rings is 1. The van der Waals surface area contributed by atoms with Crippen molar-refractivity contribution in [3.63, 3.8) is 0 Å². The zero-order valence-corrected chi connectivity index (χ0v) is 13.4. The number of carbonyl (C=O) groups excluding carboxylic acids is 2. The van der Waals surface area contributed by atoms with Crippen molar-refractivity contribution < 1.29 is 14.7 Å². The van der Waals surface area contributed by atoms with E-state index in [0.717, 1.165) is 12.8 Å². The van der Waals surface area contributed by atoms with Crippen LogP contribution in [0.4, 0.5) is 0 Å². The first-order valence-electron chi connectivity index (χ1n) is 7.61. The molecule has 0 spiro atoms. The van der Waals surface area contributed by atoms with Crippen molar-refractivity contribution in [3.8, 4) is 0 Å². The van der Waals surface area contributed by atoms with Crippen LogP contribution in [-0.2, 0) is 9.59 Å². The van der Waals surface area contributed by atoms with Crippen molar-refractivity contribution in [1.29, 1.82) is 0 Å². The van der Waals surface area contributed by atoms with Crippen LogP contribution in [0.25, 0.3) is 0 Å². The molecule has 20 heavy (non-hydrogen) atoms. The zero-order valence-electron chi connectivity index (χ0n) is 13.4. The Morgan fingerprint density at radius 1 is 1.30 bits per heavy atom. The van der Waals surface area contributed by atoms with Gasteiger partial charge in [-0.1, -0.05) is 41.5 Å². The normalized spacial score (nSPS) is 34.7. The van der Waals surface area contributed by atoms with E-state index in [9.17, 15) is 14.7 Å². The van der Waals surface area contributed by atoms with Crippen LogP contribution in [0.1, 0.15) is 54.4 Å². The Morgan fingerprint density at radius 3 is 2.25 bits per heavy atom. The fourth-order valence-corrected chi connectivity index (χ4v) is 3.91. The molecule has 4 atom stereocenters. The Bertz CT molecular complexity index is 443. The number of likely N-dealkylation sites (tertiary alicyclic amines) is 1. The smallest absolute Gasteiger partial charge is 0.236 e. The number of aliphatic hydroxyl groups excluding tert-OH is 1. The highest BCUT2D eigenvalue weighted by atomic mass is 16.3. The fraction of sp³-hybridized carbons (Fsp3) is 0.875. The SMILES string of the molecule is CC(C)[C@@H](O)[C@H](C)C(=O)N1C(=O)[C@]2(C)CC[C@H]1C2(C)C. The molecule has 2 rings (SSSR count). The zero-order chi connectivity index (χ0) is 15.5. The van der Waals surface area contributed by atoms with Crippen LogP contribution in [0.2, 0.25) is 0 Å². The molecule has 2 aliphatic rings. The number of fused-ring (bicyclic) bond motifs is 2. The largest absolute Gasteiger partial charge is 0.392 e. The van der Waals surface area contributed by atoms with Gasteiger partial charge in [0.05, 0.1) is 17.4 Å². The maximum atomic E-state index is 12.7. The molecule has 0 aromatic rings. The summed E-state index contributed by atoms with van der Waals surface area (Å²) in [4.78, 5) is 26.8. The molecular formula is C16H27NO3. The van der Waals surface area contributed by atoms with Gasteiger partial charge < -0.3 is 5.11 Å². The minimum atomic E-state index is -0.703. The predicted octanol–water partition coefficient (Wildman–Crippen LogP) is 2.20. The van der Waals surface area contributed by atoms with Crippen molar-refractivity contribution in [2.45, 2.75) is 66.5 Å². The van der Waals surface area contributed by atoms with E-state index in [2.05, 4.69) is 13.8 Å². The summed E-state index contributed by atoms with van der Waals surface area (Å²) in [6.45, 7) is 11.6. The molecule has 2 fully saturated rings. The van der Waals surface area contributed by atoms with Gasteiger partial charge in [0.1, 0.15) is 0 Å². The summed E-state index contributed by atoms with van der Waals surface area (Å²) in [5.74, 6) is -0.783. The Hall–Kier alpha value is -0.900. The van der Waals surface area contributed by atoms with Gasteiger partial charge in [-0.25, -0.2) is 0 Å². The molecule has 0 aromatic carbocycles. The topological polar surface area (TPSA) is 57.6 Å². The van der Waals surface area contributed by atoms with Gasteiger partial charge >= 0.3 is 0 Å². The number of hydrogen-bond donors (Lipinski definition) is 1. The highest BCUT2D eigenvalue weighted by Gasteiger charge is 2.67. The minimum Gasteiger partial charge on any atom is -0.392 e. The summed E-state index contributed by atoms with van der Waals surface area (Å²) in [6.07, 6.45) is 1.03. The third-order valence-electron chi connectivity index (χ3n) is 6.00. The standard InChI is InChI=1S/C16H27NO3/c1-9(2)12(18)10(3)13(19)17-11-7-8-16(6,14(17)20)15(11,4)5/h9-12,18H,7-8H2,1-6H3/t10-,11-,12+,16-/m0/s1. The Balaban J connectivity index is 2.27. The first-order chi connectivity index (χ1) is 9.05. The molecule has 4 heteroatoms. The monoisotopic (exact) mass is 281 g/mol. The first kappa shape index (κ1) is 15.5. The molecular weight excluding hydrogens is 254 g/mol. The minimum absolute atomic E-state index is 0.00689. The van der Waals surface area contributed by atoms with Crippen LogP contribution in [0, 0.1) is 22.7 Å². The summed E-state index contributed by atoms with van der Waals surface area (Å²) in [6, 6.07) is -0.0192. The molecule has 2 bridgehead atoms. The average molecular weight is 281 g/mol. The van der Waals surface area contributed by atoms with Crippen molar-refractivity contribution in [3.05, 3.63) is 0 Å². The average Bonchev–Trinajstić information content (AvgIpc) is 2.68. The van der Waals surface area contributed by atoms with Crippen LogP contribution in [0.15, 0.2) is 0 Å². The van der Waals surface area contributed by atoms with E-state index in [1.807, 2.05) is 20.8 Å². The summed E-state index contributed by atoms with van der Waals surface area (Å²) in [5, 5.41) is 10.1. The fourth-order valence-electron chi connectivity index (χ4n) is 3.91. The molecule has 0 unspecified atom stereocenters. The second-order valence-corrected chi connectivity index (χ2v) is 7.64. The Kier molecular flexibility index (Phi) is 3.52. The third kappa shape index (κ3) is 1.77. The Labute approximate surface area is 121 Å². The first-order valence-corrected chi connectivity index (χ1v) is 7.61. The lowest BCUT2D eigenvalue weighted by Gasteiger charge is -2.32. The lowest BCUT2D eigenvalue weighted by atomic mass is 9.70. The van der Waals surface area contributed by atoms with Gasteiger partial charge in [-0.3, -0.25) is 14.5 Å². The van der Waals surface area contributed by atoms with Crippen LogP contribution < -0.4 is 0 Å². The van der Waals surface area contributed by atoms with Crippen molar-refractivity contribution in [1.82, 2.24) is 4.90 Å². The highest BCUT2D eigenvalue weighted by Crippen LogP contribution is 2.60. The molecule has 4 nitrogen and oxygen atoms in total. The van der Waals surface area contributed by atoms with E-state index >= 15 is 0 Å². The van der Waals surface area contributed by atoms with E-state index in [-0.39, 0.29) is 29.2 Å². The third-order valence-corrected chi connectivity index (χ3v) is 6.00. The molecule has 1 N–H and O–H groups in total. The molecule has 2 amide bonds. The van der Waals surface area contributed by atoms with Gasteiger partial charge in [0.2, 0.25) is 11.8 Å². The summed E-state index contributed by atoms with van der Waals surface area (Å²) >= 11 is 0. The number of nitrogens with zero attached hydrogens (tertiary/aromatic N) is 1. The van der Waals surface area contributed by atoms with Gasteiger partial charge in [0.15, 0.2) is 0 Å². The second kappa shape index (κ2) is 4.55. The van der Waals surface area contributed by atoms with Gasteiger partial charge in [-0.05, 0) is 24.2 Å². The van der Waals surface area contributed by atoms with Crippen molar-refractivity contribution in [2.75, 3.05) is 0 Å². The van der Waals surface area contributed by atoms with Gasteiger partial charge in [-0.15, -0.1) is 0 Å². The van der Waals surface area contributed by atoms with Crippen LogP contribution in [0.3, 0.4) is 0 Å². The molecule has 0 aromatic heterocycles. The van der Waals surface area contributed by atoms with Crippen molar-refractivity contribution >= 4 is 11.8 Å².